The number of nitrogens with zero attached hydrogens (tertiary/aromatic N) is 1. The van der Waals surface area contributed by atoms with Gasteiger partial charge in [0.25, 0.3) is 11.8 Å². The van der Waals surface area contributed by atoms with Crippen LogP contribution in [0.2, 0.25) is 0 Å². The van der Waals surface area contributed by atoms with Gasteiger partial charge in [0, 0.05) is 18.4 Å². The fraction of sp³-hybridized carbons (Fsp3) is 0.273. The van der Waals surface area contributed by atoms with Crippen molar-refractivity contribution in [2.45, 2.75) is 18.6 Å². The second kappa shape index (κ2) is 4.67. The highest BCUT2D eigenvalue weighted by Crippen LogP contribution is 2.19. The molecule has 4 nitrogen and oxygen atoms in total. The van der Waals surface area contributed by atoms with Gasteiger partial charge in [-0.1, -0.05) is 34.6 Å². The molecule has 1 heterocycles. The molecule has 1 aliphatic rings. The van der Waals surface area contributed by atoms with E-state index in [4.69, 9.17) is 0 Å². The van der Waals surface area contributed by atoms with Crippen molar-refractivity contribution < 1.29 is 14.1 Å². The molecule has 2 amide bonds. The van der Waals surface area contributed by atoms with Crippen molar-refractivity contribution in [1.82, 2.24) is 4.31 Å². The molecule has 0 bridgehead atoms. The molecule has 2 rings (SSSR count). The molecule has 1 aromatic rings. The first-order valence-electron chi connectivity index (χ1n) is 4.96. The molecule has 1 aromatic carbocycles. The number of benzene rings is 1. The van der Waals surface area contributed by atoms with Crippen LogP contribution in [0, 0.1) is 0 Å². The third kappa shape index (κ3) is 2.25. The second-order valence-corrected chi connectivity index (χ2v) is 4.83. The van der Waals surface area contributed by atoms with Crippen LogP contribution in [-0.4, -0.2) is 20.7 Å². The predicted molar refractivity (Wildman–Crippen MR) is 59.4 cm³/mol. The quantitative estimate of drug-likeness (QED) is 0.582. The van der Waals surface area contributed by atoms with Crippen molar-refractivity contribution in [3.8, 4) is 0 Å². The lowest BCUT2D eigenvalue weighted by Gasteiger charge is -2.17. The molecule has 0 radical (unpaired) electrons. The van der Waals surface area contributed by atoms with Gasteiger partial charge < -0.3 is 4.55 Å². The standard InChI is InChI=1S/C11H11NO3S/c13-10-6-7-11(14)12(10)16(15)8-9-4-2-1-3-5-9/h1-5H,6-8H2. The van der Waals surface area contributed by atoms with Crippen LogP contribution in [0.15, 0.2) is 30.3 Å². The molecular formula is C11H11NO3S. The Morgan fingerprint density at radius 2 is 1.69 bits per heavy atom. The first-order valence-corrected chi connectivity index (χ1v) is 6.24. The molecule has 84 valence electrons. The van der Waals surface area contributed by atoms with Crippen LogP contribution in [0.1, 0.15) is 18.4 Å². The van der Waals surface area contributed by atoms with Gasteiger partial charge >= 0.3 is 0 Å². The smallest absolute Gasteiger partial charge is 0.273 e. The van der Waals surface area contributed by atoms with Crippen molar-refractivity contribution in [3.63, 3.8) is 0 Å². The Kier molecular flexibility index (Phi) is 3.26. The van der Waals surface area contributed by atoms with E-state index < -0.39 is 11.4 Å². The van der Waals surface area contributed by atoms with Crippen LogP contribution in [0.5, 0.6) is 0 Å². The number of hydrogen-bond acceptors (Lipinski definition) is 3. The molecule has 1 fully saturated rings. The zero-order chi connectivity index (χ0) is 11.5. The lowest BCUT2D eigenvalue weighted by molar-refractivity contribution is -0.132. The Bertz CT molecular complexity index is 391. The lowest BCUT2D eigenvalue weighted by Crippen LogP contribution is -2.36. The molecule has 5 heteroatoms. The highest BCUT2D eigenvalue weighted by molar-refractivity contribution is 7.89. The molecular weight excluding hydrogens is 226 g/mol. The Morgan fingerprint density at radius 3 is 2.25 bits per heavy atom. The monoisotopic (exact) mass is 237 g/mol. The van der Waals surface area contributed by atoms with Crippen LogP contribution in [0.25, 0.3) is 0 Å². The minimum Gasteiger partial charge on any atom is -0.592 e. The highest BCUT2D eigenvalue weighted by Gasteiger charge is 2.38. The fourth-order valence-corrected chi connectivity index (χ4v) is 2.81. The molecule has 1 atom stereocenters. The molecule has 1 aliphatic heterocycles. The molecule has 0 aliphatic carbocycles. The summed E-state index contributed by atoms with van der Waals surface area (Å²) >= 11 is -1.57. The van der Waals surface area contributed by atoms with E-state index in [9.17, 15) is 14.1 Å². The minimum atomic E-state index is -1.57. The van der Waals surface area contributed by atoms with E-state index in [2.05, 4.69) is 0 Å². The van der Waals surface area contributed by atoms with Crippen LogP contribution in [-0.2, 0) is 26.7 Å². The van der Waals surface area contributed by atoms with Gasteiger partial charge in [-0.05, 0) is 0 Å². The molecule has 16 heavy (non-hydrogen) atoms. The van der Waals surface area contributed by atoms with Gasteiger partial charge in [-0.3, -0.25) is 9.59 Å². The van der Waals surface area contributed by atoms with Gasteiger partial charge in [-0.25, -0.2) is 0 Å². The van der Waals surface area contributed by atoms with E-state index in [1.165, 1.54) is 0 Å². The zero-order valence-electron chi connectivity index (χ0n) is 8.59. The number of amides is 2. The summed E-state index contributed by atoms with van der Waals surface area (Å²) in [4.78, 5) is 22.7. The molecule has 0 N–H and O–H groups in total. The largest absolute Gasteiger partial charge is 0.592 e. The molecule has 1 saturated heterocycles. The fourth-order valence-electron chi connectivity index (χ4n) is 1.56. The number of imide groups is 1. The van der Waals surface area contributed by atoms with Gasteiger partial charge in [-0.2, -0.15) is 0 Å². The Balaban J connectivity index is 2.06. The summed E-state index contributed by atoms with van der Waals surface area (Å²) in [5.41, 5.74) is 0.855. The SMILES string of the molecule is O=C1CCC(=O)N1[S+]([O-])Cc1ccccc1. The van der Waals surface area contributed by atoms with E-state index in [0.29, 0.717) is 0 Å². The van der Waals surface area contributed by atoms with Gasteiger partial charge in [0.1, 0.15) is 0 Å². The average Bonchev–Trinajstić information content (AvgIpc) is 2.60. The van der Waals surface area contributed by atoms with Gasteiger partial charge in [0.2, 0.25) is 0 Å². The van der Waals surface area contributed by atoms with Crippen LogP contribution in [0.3, 0.4) is 0 Å². The van der Waals surface area contributed by atoms with Gasteiger partial charge in [0.05, 0.1) is 11.4 Å². The first kappa shape index (κ1) is 11.2. The third-order valence-corrected chi connectivity index (χ3v) is 3.74. The summed E-state index contributed by atoms with van der Waals surface area (Å²) in [7, 11) is 0. The molecule has 0 spiro atoms. The maximum absolute atomic E-state index is 11.8. The number of rotatable bonds is 3. The Labute approximate surface area is 96.6 Å². The maximum Gasteiger partial charge on any atom is 0.273 e. The van der Waals surface area contributed by atoms with Crippen LogP contribution in [0.4, 0.5) is 0 Å². The zero-order valence-corrected chi connectivity index (χ0v) is 9.40. The minimum absolute atomic E-state index is 0.180. The molecule has 0 saturated carbocycles. The van der Waals surface area contributed by atoms with Gasteiger partial charge in [0.15, 0.2) is 5.75 Å². The summed E-state index contributed by atoms with van der Waals surface area (Å²) in [6, 6.07) is 9.17. The second-order valence-electron chi connectivity index (χ2n) is 3.53. The normalized spacial score (nSPS) is 17.9. The summed E-state index contributed by atoms with van der Waals surface area (Å²) in [5.74, 6) is -0.461. The van der Waals surface area contributed by atoms with E-state index in [1.54, 1.807) is 0 Å². The predicted octanol–water partition coefficient (Wildman–Crippen LogP) is 0.999. The van der Waals surface area contributed by atoms with Crippen molar-refractivity contribution >= 4 is 23.2 Å². The number of carbonyl (C=O) groups excluding carboxylic acids is 2. The summed E-state index contributed by atoms with van der Waals surface area (Å²) in [6.45, 7) is 0. The third-order valence-electron chi connectivity index (χ3n) is 2.34. The van der Waals surface area contributed by atoms with Crippen molar-refractivity contribution in [1.29, 1.82) is 0 Å². The molecule has 1 unspecified atom stereocenters. The summed E-state index contributed by atoms with van der Waals surface area (Å²) in [6.07, 6.45) is 0.360. The highest BCUT2D eigenvalue weighted by atomic mass is 32.2. The number of hydrogen-bond donors (Lipinski definition) is 0. The Morgan fingerprint density at radius 1 is 1.12 bits per heavy atom. The molecule has 0 aromatic heterocycles. The number of carbonyl (C=O) groups is 2. The van der Waals surface area contributed by atoms with Gasteiger partial charge in [-0.15, -0.1) is 0 Å². The van der Waals surface area contributed by atoms with Crippen LogP contribution < -0.4 is 0 Å². The van der Waals surface area contributed by atoms with Crippen molar-refractivity contribution in [3.05, 3.63) is 35.9 Å². The van der Waals surface area contributed by atoms with Crippen molar-refractivity contribution in [2.75, 3.05) is 0 Å². The summed E-state index contributed by atoms with van der Waals surface area (Å²) < 4.78 is 12.7. The first-order chi connectivity index (χ1) is 7.68. The van der Waals surface area contributed by atoms with E-state index >= 15 is 0 Å². The van der Waals surface area contributed by atoms with E-state index in [-0.39, 0.29) is 30.4 Å². The van der Waals surface area contributed by atoms with Crippen molar-refractivity contribution in [2.24, 2.45) is 0 Å². The Hall–Kier alpha value is -1.33. The average molecular weight is 237 g/mol. The topological polar surface area (TPSA) is 60.4 Å². The van der Waals surface area contributed by atoms with E-state index in [0.717, 1.165) is 9.87 Å². The lowest BCUT2D eigenvalue weighted by atomic mass is 10.2. The van der Waals surface area contributed by atoms with Crippen LogP contribution >= 0.6 is 0 Å². The van der Waals surface area contributed by atoms with E-state index in [1.807, 2.05) is 30.3 Å². The summed E-state index contributed by atoms with van der Waals surface area (Å²) in [5, 5.41) is 0. The maximum atomic E-state index is 11.8.